The number of nitrogens with one attached hydrogen (secondary N) is 2. The molecule has 0 atom stereocenters. The number of carbonyl (C=O) groups excluding carboxylic acids is 2. The molecule has 2 N–H and O–H groups in total. The summed E-state index contributed by atoms with van der Waals surface area (Å²) in [5.41, 5.74) is 2.22. The summed E-state index contributed by atoms with van der Waals surface area (Å²) in [5, 5.41) is 5.97. The Morgan fingerprint density at radius 3 is 2.23 bits per heavy atom. The molecule has 6 nitrogen and oxygen atoms in total. The molecule has 0 saturated carbocycles. The number of amides is 2. The SMILES string of the molecule is CC(C)CCOc1ccc(NC(=O)CNc2ccc(C(=O)N3CCCCC3)cc2)cc1. The third-order valence-corrected chi connectivity index (χ3v) is 5.33. The van der Waals surface area contributed by atoms with Crippen LogP contribution in [0, 0.1) is 5.92 Å². The number of hydrogen-bond acceptors (Lipinski definition) is 4. The second-order valence-corrected chi connectivity index (χ2v) is 8.39. The third kappa shape index (κ3) is 7.31. The van der Waals surface area contributed by atoms with Crippen molar-refractivity contribution in [1.82, 2.24) is 4.90 Å². The maximum atomic E-state index is 12.5. The molecule has 6 heteroatoms. The lowest BCUT2D eigenvalue weighted by molar-refractivity contribution is -0.114. The predicted octanol–water partition coefficient (Wildman–Crippen LogP) is 4.79. The van der Waals surface area contributed by atoms with Gasteiger partial charge in [0.05, 0.1) is 13.2 Å². The Morgan fingerprint density at radius 1 is 0.935 bits per heavy atom. The zero-order valence-corrected chi connectivity index (χ0v) is 18.5. The van der Waals surface area contributed by atoms with E-state index in [9.17, 15) is 9.59 Å². The molecule has 0 spiro atoms. The summed E-state index contributed by atoms with van der Waals surface area (Å²) < 4.78 is 5.70. The number of benzene rings is 2. The molecule has 166 valence electrons. The third-order valence-electron chi connectivity index (χ3n) is 5.33. The molecule has 0 unspecified atom stereocenters. The number of nitrogens with zero attached hydrogens (tertiary/aromatic N) is 1. The lowest BCUT2D eigenvalue weighted by Crippen LogP contribution is -2.35. The highest BCUT2D eigenvalue weighted by Gasteiger charge is 2.17. The van der Waals surface area contributed by atoms with Gasteiger partial charge in [0.1, 0.15) is 5.75 Å². The van der Waals surface area contributed by atoms with Gasteiger partial charge in [0.25, 0.3) is 5.91 Å². The number of hydrogen-bond donors (Lipinski definition) is 2. The molecule has 31 heavy (non-hydrogen) atoms. The monoisotopic (exact) mass is 423 g/mol. The summed E-state index contributed by atoms with van der Waals surface area (Å²) in [7, 11) is 0. The van der Waals surface area contributed by atoms with E-state index in [0.717, 1.165) is 49.5 Å². The van der Waals surface area contributed by atoms with Crippen molar-refractivity contribution in [2.75, 3.05) is 36.9 Å². The fourth-order valence-corrected chi connectivity index (χ4v) is 3.44. The number of rotatable bonds is 9. The summed E-state index contributed by atoms with van der Waals surface area (Å²) in [6.45, 7) is 6.84. The summed E-state index contributed by atoms with van der Waals surface area (Å²) in [4.78, 5) is 26.7. The molecule has 1 aliphatic rings. The van der Waals surface area contributed by atoms with Crippen molar-refractivity contribution in [3.63, 3.8) is 0 Å². The van der Waals surface area contributed by atoms with Crippen LogP contribution in [0.5, 0.6) is 5.75 Å². The Hall–Kier alpha value is -3.02. The number of ether oxygens (including phenoxy) is 1. The minimum absolute atomic E-state index is 0.0839. The number of piperidine rings is 1. The molecular formula is C25H33N3O3. The van der Waals surface area contributed by atoms with Gasteiger partial charge >= 0.3 is 0 Å². The molecule has 2 amide bonds. The first-order valence-electron chi connectivity index (χ1n) is 11.2. The summed E-state index contributed by atoms with van der Waals surface area (Å²) >= 11 is 0. The molecule has 1 saturated heterocycles. The minimum atomic E-state index is -0.137. The van der Waals surface area contributed by atoms with Crippen molar-refractivity contribution in [3.8, 4) is 5.75 Å². The van der Waals surface area contributed by atoms with Gasteiger partial charge in [-0.2, -0.15) is 0 Å². The first kappa shape index (κ1) is 22.7. The Balaban J connectivity index is 1.42. The lowest BCUT2D eigenvalue weighted by Gasteiger charge is -2.26. The average Bonchev–Trinajstić information content (AvgIpc) is 2.79. The van der Waals surface area contributed by atoms with Crippen LogP contribution >= 0.6 is 0 Å². The summed E-state index contributed by atoms with van der Waals surface area (Å²) in [5.74, 6) is 1.36. The quantitative estimate of drug-likeness (QED) is 0.608. The first-order chi connectivity index (χ1) is 15.0. The van der Waals surface area contributed by atoms with Gasteiger partial charge in [-0.05, 0) is 80.1 Å². The van der Waals surface area contributed by atoms with E-state index in [1.807, 2.05) is 53.4 Å². The Kier molecular flexibility index (Phi) is 8.33. The van der Waals surface area contributed by atoms with Gasteiger partial charge in [0.2, 0.25) is 5.91 Å². The van der Waals surface area contributed by atoms with Gasteiger partial charge in [-0.3, -0.25) is 9.59 Å². The number of likely N-dealkylation sites (tertiary alicyclic amines) is 1. The van der Waals surface area contributed by atoms with Crippen LogP contribution in [0.3, 0.4) is 0 Å². The van der Waals surface area contributed by atoms with Crippen LogP contribution in [0.2, 0.25) is 0 Å². The Morgan fingerprint density at radius 2 is 1.58 bits per heavy atom. The van der Waals surface area contributed by atoms with E-state index in [4.69, 9.17) is 4.74 Å². The second-order valence-electron chi connectivity index (χ2n) is 8.39. The van der Waals surface area contributed by atoms with Crippen molar-refractivity contribution in [2.45, 2.75) is 39.5 Å². The van der Waals surface area contributed by atoms with E-state index in [-0.39, 0.29) is 18.4 Å². The Labute approximate surface area is 185 Å². The van der Waals surface area contributed by atoms with E-state index in [1.165, 1.54) is 6.42 Å². The average molecular weight is 424 g/mol. The van der Waals surface area contributed by atoms with Gasteiger partial charge in [0, 0.05) is 30.0 Å². The van der Waals surface area contributed by atoms with Crippen molar-refractivity contribution in [1.29, 1.82) is 0 Å². The zero-order valence-electron chi connectivity index (χ0n) is 18.5. The molecule has 0 radical (unpaired) electrons. The second kappa shape index (κ2) is 11.4. The largest absolute Gasteiger partial charge is 0.494 e. The van der Waals surface area contributed by atoms with Gasteiger partial charge < -0.3 is 20.3 Å². The van der Waals surface area contributed by atoms with Gasteiger partial charge in [0.15, 0.2) is 0 Å². The normalized spacial score (nSPS) is 13.7. The topological polar surface area (TPSA) is 70.7 Å². The van der Waals surface area contributed by atoms with E-state index < -0.39 is 0 Å². The molecule has 0 bridgehead atoms. The number of anilines is 2. The van der Waals surface area contributed by atoms with Crippen molar-refractivity contribution in [2.24, 2.45) is 5.92 Å². The van der Waals surface area contributed by atoms with E-state index in [1.54, 1.807) is 0 Å². The maximum Gasteiger partial charge on any atom is 0.253 e. The van der Waals surface area contributed by atoms with Crippen LogP contribution in [-0.4, -0.2) is 43.0 Å². The lowest BCUT2D eigenvalue weighted by atomic mass is 10.1. The fourth-order valence-electron chi connectivity index (χ4n) is 3.44. The van der Waals surface area contributed by atoms with Crippen molar-refractivity contribution in [3.05, 3.63) is 54.1 Å². The van der Waals surface area contributed by atoms with Gasteiger partial charge in [-0.25, -0.2) is 0 Å². The highest BCUT2D eigenvalue weighted by atomic mass is 16.5. The van der Waals surface area contributed by atoms with Crippen LogP contribution in [0.4, 0.5) is 11.4 Å². The molecule has 1 heterocycles. The number of carbonyl (C=O) groups is 2. The molecule has 0 aliphatic carbocycles. The Bertz CT molecular complexity index is 841. The standard InChI is InChI=1S/C25H33N3O3/c1-19(2)14-17-31-23-12-10-22(11-13-23)27-24(29)18-26-21-8-6-20(7-9-21)25(30)28-15-4-3-5-16-28/h6-13,19,26H,3-5,14-18H2,1-2H3,(H,27,29). The maximum absolute atomic E-state index is 12.5. The van der Waals surface area contributed by atoms with Gasteiger partial charge in [-0.15, -0.1) is 0 Å². The predicted molar refractivity (Wildman–Crippen MR) is 125 cm³/mol. The van der Waals surface area contributed by atoms with Crippen LogP contribution in [0.1, 0.15) is 49.9 Å². The molecule has 3 rings (SSSR count). The molecule has 1 fully saturated rings. The fraction of sp³-hybridized carbons (Fsp3) is 0.440. The molecule has 2 aromatic carbocycles. The first-order valence-corrected chi connectivity index (χ1v) is 11.2. The minimum Gasteiger partial charge on any atom is -0.494 e. The van der Waals surface area contributed by atoms with E-state index in [0.29, 0.717) is 18.1 Å². The smallest absolute Gasteiger partial charge is 0.253 e. The van der Waals surface area contributed by atoms with Gasteiger partial charge in [-0.1, -0.05) is 13.8 Å². The van der Waals surface area contributed by atoms with Crippen LogP contribution in [0.25, 0.3) is 0 Å². The molecule has 0 aromatic heterocycles. The highest BCUT2D eigenvalue weighted by molar-refractivity contribution is 5.95. The van der Waals surface area contributed by atoms with Crippen LogP contribution < -0.4 is 15.4 Å². The highest BCUT2D eigenvalue weighted by Crippen LogP contribution is 2.17. The summed E-state index contributed by atoms with van der Waals surface area (Å²) in [6.07, 6.45) is 4.37. The van der Waals surface area contributed by atoms with Crippen LogP contribution in [-0.2, 0) is 4.79 Å². The van der Waals surface area contributed by atoms with E-state index >= 15 is 0 Å². The van der Waals surface area contributed by atoms with Crippen molar-refractivity contribution < 1.29 is 14.3 Å². The molecule has 2 aromatic rings. The molecule has 1 aliphatic heterocycles. The van der Waals surface area contributed by atoms with E-state index in [2.05, 4.69) is 24.5 Å². The summed E-state index contributed by atoms with van der Waals surface area (Å²) in [6, 6.07) is 14.7. The molecular weight excluding hydrogens is 390 g/mol. The van der Waals surface area contributed by atoms with Crippen LogP contribution in [0.15, 0.2) is 48.5 Å². The van der Waals surface area contributed by atoms with Crippen molar-refractivity contribution >= 4 is 23.2 Å². The zero-order chi connectivity index (χ0) is 22.1.